The minimum Gasteiger partial charge on any atom is -0.369 e. The Kier molecular flexibility index (Phi) is 3.66. The smallest absolute Gasteiger partial charge is 0.125 e. The summed E-state index contributed by atoms with van der Waals surface area (Å²) in [5.74, 6) is -0.232. The topological polar surface area (TPSA) is 15.3 Å². The van der Waals surface area contributed by atoms with Crippen molar-refractivity contribution in [2.45, 2.75) is 19.4 Å². The van der Waals surface area contributed by atoms with Crippen molar-refractivity contribution >= 4 is 17.3 Å². The van der Waals surface area contributed by atoms with Gasteiger partial charge in [0.1, 0.15) is 5.82 Å². The van der Waals surface area contributed by atoms with Crippen molar-refractivity contribution in [3.63, 3.8) is 0 Å². The van der Waals surface area contributed by atoms with Crippen molar-refractivity contribution in [1.29, 1.82) is 0 Å². The highest BCUT2D eigenvalue weighted by atomic mass is 35.5. The highest BCUT2D eigenvalue weighted by Crippen LogP contribution is 2.27. The van der Waals surface area contributed by atoms with Gasteiger partial charge in [-0.25, -0.2) is 4.39 Å². The van der Waals surface area contributed by atoms with Crippen molar-refractivity contribution in [2.75, 3.05) is 24.5 Å². The standard InChI is InChI=1S/C12H16ClFN2/c1-9-8-16(6-2-5-15-9)12-7-10(14)3-4-11(12)13/h3-4,7,9,15H,2,5-6,8H2,1H3. The second-order valence-corrected chi connectivity index (χ2v) is 4.66. The molecule has 2 nitrogen and oxygen atoms in total. The average Bonchev–Trinajstić information content (AvgIpc) is 2.46. The van der Waals surface area contributed by atoms with E-state index in [9.17, 15) is 4.39 Å². The van der Waals surface area contributed by atoms with Crippen molar-refractivity contribution < 1.29 is 4.39 Å². The maximum absolute atomic E-state index is 13.2. The van der Waals surface area contributed by atoms with Gasteiger partial charge >= 0.3 is 0 Å². The summed E-state index contributed by atoms with van der Waals surface area (Å²) in [5.41, 5.74) is 0.803. The number of halogens is 2. The van der Waals surface area contributed by atoms with Crippen LogP contribution in [0.4, 0.5) is 10.1 Å². The first-order chi connectivity index (χ1) is 7.66. The van der Waals surface area contributed by atoms with Gasteiger partial charge < -0.3 is 10.2 Å². The minimum atomic E-state index is -0.232. The fraction of sp³-hybridized carbons (Fsp3) is 0.500. The van der Waals surface area contributed by atoms with E-state index in [1.54, 1.807) is 6.07 Å². The molecule has 1 fully saturated rings. The number of anilines is 1. The highest BCUT2D eigenvalue weighted by molar-refractivity contribution is 6.33. The molecule has 0 amide bonds. The van der Waals surface area contributed by atoms with E-state index in [0.717, 1.165) is 31.7 Å². The van der Waals surface area contributed by atoms with Crippen molar-refractivity contribution in [1.82, 2.24) is 5.32 Å². The lowest BCUT2D eigenvalue weighted by Crippen LogP contribution is -2.35. The van der Waals surface area contributed by atoms with Crippen LogP contribution in [0.5, 0.6) is 0 Å². The molecule has 16 heavy (non-hydrogen) atoms. The lowest BCUT2D eigenvalue weighted by atomic mass is 10.2. The van der Waals surface area contributed by atoms with Crippen molar-refractivity contribution in [2.24, 2.45) is 0 Å². The zero-order valence-electron chi connectivity index (χ0n) is 9.34. The summed E-state index contributed by atoms with van der Waals surface area (Å²) in [5, 5.41) is 4.02. The molecule has 4 heteroatoms. The van der Waals surface area contributed by atoms with Crippen LogP contribution in [0.15, 0.2) is 18.2 Å². The molecule has 0 bridgehead atoms. The average molecular weight is 243 g/mol. The van der Waals surface area contributed by atoms with Crippen LogP contribution in [-0.4, -0.2) is 25.7 Å². The maximum atomic E-state index is 13.2. The molecular weight excluding hydrogens is 227 g/mol. The molecule has 0 radical (unpaired) electrons. The van der Waals surface area contributed by atoms with Crippen LogP contribution >= 0.6 is 11.6 Å². The van der Waals surface area contributed by atoms with Gasteiger partial charge in [-0.05, 0) is 38.1 Å². The SMILES string of the molecule is CC1CN(c2cc(F)ccc2Cl)CCCN1. The fourth-order valence-corrected chi connectivity index (χ4v) is 2.29. The van der Waals surface area contributed by atoms with E-state index in [1.165, 1.54) is 12.1 Å². The first-order valence-corrected chi connectivity index (χ1v) is 5.98. The Morgan fingerprint density at radius 2 is 2.31 bits per heavy atom. The Balaban J connectivity index is 2.24. The predicted molar refractivity (Wildman–Crippen MR) is 65.7 cm³/mol. The van der Waals surface area contributed by atoms with Crippen LogP contribution in [0.1, 0.15) is 13.3 Å². The fourth-order valence-electron chi connectivity index (χ4n) is 2.05. The largest absolute Gasteiger partial charge is 0.369 e. The van der Waals surface area contributed by atoms with Gasteiger partial charge in [-0.2, -0.15) is 0 Å². The summed E-state index contributed by atoms with van der Waals surface area (Å²) in [7, 11) is 0. The molecule has 0 spiro atoms. The van der Waals surface area contributed by atoms with E-state index in [0.29, 0.717) is 11.1 Å². The lowest BCUT2D eigenvalue weighted by molar-refractivity contribution is 0.584. The monoisotopic (exact) mass is 242 g/mol. The predicted octanol–water partition coefficient (Wildman–Crippen LogP) is 2.67. The van der Waals surface area contributed by atoms with E-state index in [2.05, 4.69) is 17.1 Å². The Morgan fingerprint density at radius 1 is 1.50 bits per heavy atom. The molecule has 88 valence electrons. The molecule has 1 saturated heterocycles. The highest BCUT2D eigenvalue weighted by Gasteiger charge is 2.16. The van der Waals surface area contributed by atoms with Crippen LogP contribution in [0, 0.1) is 5.82 Å². The summed E-state index contributed by atoms with van der Waals surface area (Å²) in [6, 6.07) is 4.93. The van der Waals surface area contributed by atoms with E-state index >= 15 is 0 Å². The molecule has 0 aliphatic carbocycles. The molecule has 1 unspecified atom stereocenters. The zero-order valence-corrected chi connectivity index (χ0v) is 10.1. The molecule has 1 aromatic rings. The Morgan fingerprint density at radius 3 is 3.12 bits per heavy atom. The number of nitrogens with one attached hydrogen (secondary N) is 1. The summed E-state index contributed by atoms with van der Waals surface area (Å²) < 4.78 is 13.2. The van der Waals surface area contributed by atoms with Gasteiger partial charge in [-0.15, -0.1) is 0 Å². The van der Waals surface area contributed by atoms with E-state index in [-0.39, 0.29) is 5.82 Å². The normalized spacial score (nSPS) is 21.9. The Hall–Kier alpha value is -0.800. The maximum Gasteiger partial charge on any atom is 0.125 e. The van der Waals surface area contributed by atoms with Gasteiger partial charge in [0, 0.05) is 19.1 Å². The van der Waals surface area contributed by atoms with Crippen molar-refractivity contribution in [3.05, 3.63) is 29.0 Å². The van der Waals surface area contributed by atoms with Gasteiger partial charge in [-0.1, -0.05) is 11.6 Å². The molecule has 1 aliphatic rings. The first-order valence-electron chi connectivity index (χ1n) is 5.60. The molecule has 1 heterocycles. The molecule has 0 aromatic heterocycles. The third-order valence-corrected chi connectivity index (χ3v) is 3.16. The van der Waals surface area contributed by atoms with Crippen LogP contribution in [0.3, 0.4) is 0 Å². The van der Waals surface area contributed by atoms with Gasteiger partial charge in [0.05, 0.1) is 10.7 Å². The zero-order chi connectivity index (χ0) is 11.5. The molecular formula is C12H16ClFN2. The summed E-state index contributed by atoms with van der Waals surface area (Å²) in [4.78, 5) is 2.15. The second kappa shape index (κ2) is 5.02. The molecule has 1 aliphatic heterocycles. The van der Waals surface area contributed by atoms with Gasteiger partial charge in [-0.3, -0.25) is 0 Å². The molecule has 1 aromatic carbocycles. The number of hydrogen-bond donors (Lipinski definition) is 1. The van der Waals surface area contributed by atoms with Gasteiger partial charge in [0.25, 0.3) is 0 Å². The molecule has 1 atom stereocenters. The van der Waals surface area contributed by atoms with E-state index in [4.69, 9.17) is 11.6 Å². The second-order valence-electron chi connectivity index (χ2n) is 4.25. The van der Waals surface area contributed by atoms with Crippen LogP contribution in [-0.2, 0) is 0 Å². The number of nitrogens with zero attached hydrogens (tertiary/aromatic N) is 1. The molecule has 0 saturated carbocycles. The third kappa shape index (κ3) is 2.66. The third-order valence-electron chi connectivity index (χ3n) is 2.84. The number of benzene rings is 1. The minimum absolute atomic E-state index is 0.232. The van der Waals surface area contributed by atoms with Crippen molar-refractivity contribution in [3.8, 4) is 0 Å². The lowest BCUT2D eigenvalue weighted by Gasteiger charge is -2.25. The number of hydrogen-bond acceptors (Lipinski definition) is 2. The Labute approximate surface area is 100 Å². The summed E-state index contributed by atoms with van der Waals surface area (Å²) in [6.45, 7) is 4.92. The summed E-state index contributed by atoms with van der Waals surface area (Å²) in [6.07, 6.45) is 1.05. The van der Waals surface area contributed by atoms with Crippen LogP contribution in [0.25, 0.3) is 0 Å². The quantitative estimate of drug-likeness (QED) is 0.815. The molecule has 1 N–H and O–H groups in total. The van der Waals surface area contributed by atoms with Gasteiger partial charge in [0.2, 0.25) is 0 Å². The van der Waals surface area contributed by atoms with E-state index in [1.807, 2.05) is 0 Å². The van der Waals surface area contributed by atoms with Crippen LogP contribution < -0.4 is 10.2 Å². The first kappa shape index (κ1) is 11.7. The number of rotatable bonds is 1. The van der Waals surface area contributed by atoms with Crippen LogP contribution in [0.2, 0.25) is 5.02 Å². The molecule has 2 rings (SSSR count). The summed E-state index contributed by atoms with van der Waals surface area (Å²) >= 11 is 6.10. The van der Waals surface area contributed by atoms with Gasteiger partial charge in [0.15, 0.2) is 0 Å². The van der Waals surface area contributed by atoms with E-state index < -0.39 is 0 Å². The Bertz CT molecular complexity index is 370.